The van der Waals surface area contributed by atoms with E-state index in [0.717, 1.165) is 12.1 Å². The number of ether oxygens (including phenoxy) is 1. The summed E-state index contributed by atoms with van der Waals surface area (Å²) >= 11 is 11.9. The van der Waals surface area contributed by atoms with E-state index in [1.54, 1.807) is 0 Å². The van der Waals surface area contributed by atoms with Gasteiger partial charge >= 0.3 is 6.18 Å². The average Bonchev–Trinajstić information content (AvgIpc) is 2.37. The normalized spacial score (nSPS) is 11.5. The number of halogens is 5. The number of alkyl halides is 3. The second kappa shape index (κ2) is 6.03. The van der Waals surface area contributed by atoms with Crippen molar-refractivity contribution in [2.75, 3.05) is 5.73 Å². The molecule has 0 atom stereocenters. The molecule has 0 radical (unpaired) electrons. The zero-order valence-corrected chi connectivity index (χ0v) is 12.1. The molecule has 0 saturated heterocycles. The van der Waals surface area contributed by atoms with Crippen LogP contribution in [0.5, 0.6) is 5.75 Å². The predicted molar refractivity (Wildman–Crippen MR) is 76.7 cm³/mol. The Balaban J connectivity index is 2.10. The van der Waals surface area contributed by atoms with Crippen LogP contribution in [0.2, 0.25) is 10.0 Å². The second-order valence-electron chi connectivity index (χ2n) is 4.30. The van der Waals surface area contributed by atoms with E-state index in [4.69, 9.17) is 33.7 Å². The quantitative estimate of drug-likeness (QED) is 0.785. The van der Waals surface area contributed by atoms with Crippen molar-refractivity contribution in [2.45, 2.75) is 12.8 Å². The molecule has 0 aliphatic carbocycles. The van der Waals surface area contributed by atoms with Gasteiger partial charge in [-0.25, -0.2) is 0 Å². The minimum atomic E-state index is -4.36. The molecule has 0 bridgehead atoms. The lowest BCUT2D eigenvalue weighted by Crippen LogP contribution is -2.05. The molecule has 0 aliphatic rings. The van der Waals surface area contributed by atoms with Crippen LogP contribution in [-0.2, 0) is 12.8 Å². The van der Waals surface area contributed by atoms with Gasteiger partial charge in [0.1, 0.15) is 6.61 Å². The minimum Gasteiger partial charge on any atom is -0.486 e. The number of benzene rings is 2. The molecule has 2 aromatic rings. The first-order valence-electron chi connectivity index (χ1n) is 5.81. The molecule has 0 unspecified atom stereocenters. The van der Waals surface area contributed by atoms with Gasteiger partial charge in [-0.2, -0.15) is 13.2 Å². The molecule has 21 heavy (non-hydrogen) atoms. The van der Waals surface area contributed by atoms with Gasteiger partial charge in [0.15, 0.2) is 5.75 Å². The highest BCUT2D eigenvalue weighted by atomic mass is 35.5. The minimum absolute atomic E-state index is 0.0432. The molecule has 0 spiro atoms. The molecular weight excluding hydrogens is 326 g/mol. The molecule has 2 aromatic carbocycles. The second-order valence-corrected chi connectivity index (χ2v) is 5.11. The molecular formula is C14H10Cl2F3NO. The van der Waals surface area contributed by atoms with Crippen LogP contribution in [0, 0.1) is 0 Å². The van der Waals surface area contributed by atoms with Crippen LogP contribution in [0.25, 0.3) is 0 Å². The molecule has 0 fully saturated rings. The van der Waals surface area contributed by atoms with Gasteiger partial charge in [0.05, 0.1) is 15.6 Å². The summed E-state index contributed by atoms with van der Waals surface area (Å²) in [5, 5.41) is 0.485. The molecule has 112 valence electrons. The van der Waals surface area contributed by atoms with Crippen molar-refractivity contribution >= 4 is 28.9 Å². The lowest BCUT2D eigenvalue weighted by atomic mass is 10.1. The highest BCUT2D eigenvalue weighted by Crippen LogP contribution is 2.35. The van der Waals surface area contributed by atoms with Crippen molar-refractivity contribution in [2.24, 2.45) is 0 Å². The fourth-order valence-corrected chi connectivity index (χ4v) is 2.28. The summed E-state index contributed by atoms with van der Waals surface area (Å²) in [6, 6.07) is 7.62. The maximum Gasteiger partial charge on any atom is 0.416 e. The first-order valence-corrected chi connectivity index (χ1v) is 6.56. The van der Waals surface area contributed by atoms with Crippen LogP contribution < -0.4 is 10.5 Å². The Labute approximate surface area is 129 Å². The van der Waals surface area contributed by atoms with Crippen LogP contribution >= 0.6 is 23.2 Å². The van der Waals surface area contributed by atoms with E-state index in [0.29, 0.717) is 11.3 Å². The fraction of sp³-hybridized carbons (Fsp3) is 0.143. The predicted octanol–water partition coefficient (Wildman–Crippen LogP) is 5.17. The van der Waals surface area contributed by atoms with E-state index >= 15 is 0 Å². The molecule has 7 heteroatoms. The molecule has 0 heterocycles. The van der Waals surface area contributed by atoms with Crippen LogP contribution in [0.15, 0.2) is 36.4 Å². The van der Waals surface area contributed by atoms with Crippen molar-refractivity contribution in [3.05, 3.63) is 57.6 Å². The Bertz CT molecular complexity index is 619. The Kier molecular flexibility index (Phi) is 4.54. The SMILES string of the molecule is Nc1cc(Cl)c(OCc2ccc(C(F)(F)F)cc2)c(Cl)c1. The van der Waals surface area contributed by atoms with E-state index in [2.05, 4.69) is 0 Å². The highest BCUT2D eigenvalue weighted by molar-refractivity contribution is 6.37. The molecule has 0 aliphatic heterocycles. The Morgan fingerprint density at radius 2 is 1.52 bits per heavy atom. The fourth-order valence-electron chi connectivity index (χ4n) is 1.66. The van der Waals surface area contributed by atoms with Crippen molar-refractivity contribution in [3.63, 3.8) is 0 Å². The zero-order valence-electron chi connectivity index (χ0n) is 10.5. The Morgan fingerprint density at radius 3 is 2.00 bits per heavy atom. The van der Waals surface area contributed by atoms with E-state index in [1.165, 1.54) is 24.3 Å². The van der Waals surface area contributed by atoms with Crippen LogP contribution in [0.1, 0.15) is 11.1 Å². The number of hydrogen-bond donors (Lipinski definition) is 1. The lowest BCUT2D eigenvalue weighted by Gasteiger charge is -2.11. The molecule has 0 amide bonds. The Hall–Kier alpha value is -1.59. The van der Waals surface area contributed by atoms with Crippen LogP contribution in [0.4, 0.5) is 18.9 Å². The first-order chi connectivity index (χ1) is 9.77. The van der Waals surface area contributed by atoms with Gasteiger partial charge < -0.3 is 10.5 Å². The number of anilines is 1. The molecule has 0 aromatic heterocycles. The molecule has 0 saturated carbocycles. The van der Waals surface area contributed by atoms with Crippen LogP contribution in [0.3, 0.4) is 0 Å². The number of hydrogen-bond acceptors (Lipinski definition) is 2. The van der Waals surface area contributed by atoms with Crippen LogP contribution in [-0.4, -0.2) is 0 Å². The third kappa shape index (κ3) is 3.95. The molecule has 2 nitrogen and oxygen atoms in total. The van der Waals surface area contributed by atoms with E-state index in [1.807, 2.05) is 0 Å². The zero-order chi connectivity index (χ0) is 15.6. The summed E-state index contributed by atoms with van der Waals surface area (Å²) in [5.74, 6) is 0.243. The van der Waals surface area contributed by atoms with Crippen molar-refractivity contribution in [3.8, 4) is 5.75 Å². The summed E-state index contributed by atoms with van der Waals surface area (Å²) in [5.41, 5.74) is 5.81. The standard InChI is InChI=1S/C14H10Cl2F3NO/c15-11-5-10(20)6-12(16)13(11)21-7-8-1-3-9(4-2-8)14(17,18)19/h1-6H,7,20H2. The van der Waals surface area contributed by atoms with Gasteiger partial charge in [-0.1, -0.05) is 35.3 Å². The van der Waals surface area contributed by atoms with E-state index < -0.39 is 11.7 Å². The van der Waals surface area contributed by atoms with Crippen molar-refractivity contribution in [1.82, 2.24) is 0 Å². The van der Waals surface area contributed by atoms with Gasteiger partial charge in [0, 0.05) is 5.69 Å². The maximum atomic E-state index is 12.4. The van der Waals surface area contributed by atoms with Gasteiger partial charge in [-0.05, 0) is 29.8 Å². The van der Waals surface area contributed by atoms with Crippen molar-refractivity contribution in [1.29, 1.82) is 0 Å². The van der Waals surface area contributed by atoms with Gasteiger partial charge in [0.2, 0.25) is 0 Å². The van der Waals surface area contributed by atoms with E-state index in [9.17, 15) is 13.2 Å². The lowest BCUT2D eigenvalue weighted by molar-refractivity contribution is -0.137. The number of nitrogen functional groups attached to an aromatic ring is 1. The summed E-state index contributed by atoms with van der Waals surface area (Å²) in [7, 11) is 0. The monoisotopic (exact) mass is 335 g/mol. The molecule has 2 N–H and O–H groups in total. The third-order valence-corrected chi connectivity index (χ3v) is 3.25. The average molecular weight is 336 g/mol. The number of nitrogens with two attached hydrogens (primary N) is 1. The van der Waals surface area contributed by atoms with E-state index in [-0.39, 0.29) is 22.4 Å². The Morgan fingerprint density at radius 1 is 1.00 bits per heavy atom. The summed E-state index contributed by atoms with van der Waals surface area (Å²) in [4.78, 5) is 0. The maximum absolute atomic E-state index is 12.4. The topological polar surface area (TPSA) is 35.2 Å². The smallest absolute Gasteiger partial charge is 0.416 e. The first kappa shape index (κ1) is 15.8. The van der Waals surface area contributed by atoms with Gasteiger partial charge in [0.25, 0.3) is 0 Å². The third-order valence-electron chi connectivity index (χ3n) is 2.69. The number of rotatable bonds is 3. The van der Waals surface area contributed by atoms with Gasteiger partial charge in [-0.15, -0.1) is 0 Å². The van der Waals surface area contributed by atoms with Gasteiger partial charge in [-0.3, -0.25) is 0 Å². The summed E-state index contributed by atoms with van der Waals surface area (Å²) in [6.45, 7) is 0.0432. The highest BCUT2D eigenvalue weighted by Gasteiger charge is 2.29. The summed E-state index contributed by atoms with van der Waals surface area (Å²) < 4.78 is 42.7. The largest absolute Gasteiger partial charge is 0.486 e. The molecule has 2 rings (SSSR count). The van der Waals surface area contributed by atoms with Crippen molar-refractivity contribution < 1.29 is 17.9 Å². The summed E-state index contributed by atoms with van der Waals surface area (Å²) in [6.07, 6.45) is -4.36.